The summed E-state index contributed by atoms with van der Waals surface area (Å²) in [7, 11) is 1.67. The summed E-state index contributed by atoms with van der Waals surface area (Å²) in [5, 5.41) is 0. The molecule has 1 unspecified atom stereocenters. The van der Waals surface area contributed by atoms with Crippen molar-refractivity contribution in [1.29, 1.82) is 0 Å². The highest BCUT2D eigenvalue weighted by molar-refractivity contribution is 5.42. The number of aryl methyl sites for hydroxylation is 2. The molecule has 0 bridgehead atoms. The van der Waals surface area contributed by atoms with Gasteiger partial charge in [0.1, 0.15) is 5.75 Å². The molecule has 0 aliphatic rings. The Balaban J connectivity index is 2.44. The van der Waals surface area contributed by atoms with E-state index in [1.54, 1.807) is 7.11 Å². The van der Waals surface area contributed by atoms with Gasteiger partial charge in [-0.15, -0.1) is 0 Å². The zero-order valence-electron chi connectivity index (χ0n) is 12.0. The summed E-state index contributed by atoms with van der Waals surface area (Å²) >= 11 is 0. The predicted molar refractivity (Wildman–Crippen MR) is 79.6 cm³/mol. The molecule has 19 heavy (non-hydrogen) atoms. The highest BCUT2D eigenvalue weighted by Crippen LogP contribution is 2.29. The van der Waals surface area contributed by atoms with E-state index in [2.05, 4.69) is 32.0 Å². The van der Waals surface area contributed by atoms with E-state index in [0.717, 1.165) is 16.9 Å². The number of hydrogen-bond acceptors (Lipinski definition) is 2. The van der Waals surface area contributed by atoms with E-state index < -0.39 is 5.54 Å². The van der Waals surface area contributed by atoms with E-state index in [1.165, 1.54) is 11.1 Å². The Hall–Kier alpha value is -1.80. The van der Waals surface area contributed by atoms with E-state index in [1.807, 2.05) is 31.2 Å². The first-order chi connectivity index (χ1) is 8.93. The van der Waals surface area contributed by atoms with Crippen molar-refractivity contribution in [2.24, 2.45) is 5.73 Å². The van der Waals surface area contributed by atoms with Gasteiger partial charge in [0.05, 0.1) is 12.6 Å². The fraction of sp³-hybridized carbons (Fsp3) is 0.294. The number of ether oxygens (including phenoxy) is 1. The average molecular weight is 255 g/mol. The second-order valence-corrected chi connectivity index (χ2v) is 5.31. The lowest BCUT2D eigenvalue weighted by molar-refractivity contribution is 0.414. The molecule has 0 heterocycles. The Morgan fingerprint density at radius 3 is 1.89 bits per heavy atom. The molecular formula is C17H21NO. The quantitative estimate of drug-likeness (QED) is 0.910. The van der Waals surface area contributed by atoms with Gasteiger partial charge in [-0.25, -0.2) is 0 Å². The Labute approximate surface area is 115 Å². The van der Waals surface area contributed by atoms with Crippen molar-refractivity contribution >= 4 is 0 Å². The number of hydrogen-bond donors (Lipinski definition) is 1. The zero-order chi connectivity index (χ0) is 14.0. The first kappa shape index (κ1) is 13.6. The third-order valence-electron chi connectivity index (χ3n) is 3.51. The van der Waals surface area contributed by atoms with Gasteiger partial charge < -0.3 is 10.5 Å². The summed E-state index contributed by atoms with van der Waals surface area (Å²) in [6, 6.07) is 14.4. The van der Waals surface area contributed by atoms with Gasteiger partial charge in [0.15, 0.2) is 0 Å². The third kappa shape index (κ3) is 2.79. The molecule has 0 aliphatic carbocycles. The maximum absolute atomic E-state index is 6.55. The van der Waals surface area contributed by atoms with Crippen LogP contribution in [0.1, 0.15) is 29.2 Å². The van der Waals surface area contributed by atoms with Gasteiger partial charge in [0, 0.05) is 0 Å². The van der Waals surface area contributed by atoms with E-state index >= 15 is 0 Å². The second kappa shape index (κ2) is 5.06. The first-order valence-corrected chi connectivity index (χ1v) is 6.45. The van der Waals surface area contributed by atoms with Crippen LogP contribution < -0.4 is 10.5 Å². The summed E-state index contributed by atoms with van der Waals surface area (Å²) in [6.45, 7) is 6.24. The Morgan fingerprint density at radius 2 is 1.42 bits per heavy atom. The second-order valence-electron chi connectivity index (χ2n) is 5.31. The average Bonchev–Trinajstić information content (AvgIpc) is 2.37. The summed E-state index contributed by atoms with van der Waals surface area (Å²) in [4.78, 5) is 0. The number of rotatable bonds is 3. The number of nitrogens with two attached hydrogens (primary N) is 1. The number of benzene rings is 2. The SMILES string of the molecule is COc1ccc(C(C)(N)c2cc(C)cc(C)c2)cc1. The molecule has 0 saturated heterocycles. The molecule has 0 spiro atoms. The Kier molecular flexibility index (Phi) is 3.63. The van der Waals surface area contributed by atoms with Crippen molar-refractivity contribution in [2.75, 3.05) is 7.11 Å². The van der Waals surface area contributed by atoms with Crippen molar-refractivity contribution < 1.29 is 4.74 Å². The molecule has 0 radical (unpaired) electrons. The molecule has 1 atom stereocenters. The molecule has 2 aromatic rings. The standard InChI is InChI=1S/C17H21NO/c1-12-9-13(2)11-15(10-12)17(3,18)14-5-7-16(19-4)8-6-14/h5-11H,18H2,1-4H3. The van der Waals surface area contributed by atoms with Crippen molar-refractivity contribution in [3.63, 3.8) is 0 Å². The molecule has 0 aromatic heterocycles. The maximum atomic E-state index is 6.55. The fourth-order valence-corrected chi connectivity index (χ4v) is 2.38. The molecule has 0 amide bonds. The van der Waals surface area contributed by atoms with Crippen LogP contribution in [0.4, 0.5) is 0 Å². The molecule has 2 rings (SSSR count). The topological polar surface area (TPSA) is 35.2 Å². The predicted octanol–water partition coefficient (Wildman–Crippen LogP) is 3.53. The van der Waals surface area contributed by atoms with Gasteiger partial charge in [-0.05, 0) is 44.0 Å². The largest absolute Gasteiger partial charge is 0.497 e. The summed E-state index contributed by atoms with van der Waals surface area (Å²) < 4.78 is 5.18. The molecule has 2 heteroatoms. The lowest BCUT2D eigenvalue weighted by atomic mass is 9.84. The summed E-state index contributed by atoms with van der Waals surface area (Å²) in [5.41, 5.74) is 10.7. The highest BCUT2D eigenvalue weighted by Gasteiger charge is 2.24. The van der Waals surface area contributed by atoms with E-state index in [0.29, 0.717) is 0 Å². The van der Waals surface area contributed by atoms with Gasteiger partial charge in [-0.3, -0.25) is 0 Å². The molecule has 2 N–H and O–H groups in total. The lowest BCUT2D eigenvalue weighted by Gasteiger charge is -2.27. The van der Waals surface area contributed by atoms with Crippen LogP contribution in [0.25, 0.3) is 0 Å². The number of methoxy groups -OCH3 is 1. The zero-order valence-corrected chi connectivity index (χ0v) is 12.0. The van der Waals surface area contributed by atoms with Crippen LogP contribution in [0.2, 0.25) is 0 Å². The smallest absolute Gasteiger partial charge is 0.118 e. The third-order valence-corrected chi connectivity index (χ3v) is 3.51. The lowest BCUT2D eigenvalue weighted by Crippen LogP contribution is -2.34. The molecular weight excluding hydrogens is 234 g/mol. The monoisotopic (exact) mass is 255 g/mol. The normalized spacial score (nSPS) is 13.9. The van der Waals surface area contributed by atoms with Crippen LogP contribution >= 0.6 is 0 Å². The first-order valence-electron chi connectivity index (χ1n) is 6.45. The summed E-state index contributed by atoms with van der Waals surface area (Å²) in [6.07, 6.45) is 0. The highest BCUT2D eigenvalue weighted by atomic mass is 16.5. The van der Waals surface area contributed by atoms with Crippen molar-refractivity contribution in [3.05, 3.63) is 64.7 Å². The Morgan fingerprint density at radius 1 is 0.895 bits per heavy atom. The van der Waals surface area contributed by atoms with E-state index in [-0.39, 0.29) is 0 Å². The van der Waals surface area contributed by atoms with Crippen LogP contribution in [0, 0.1) is 13.8 Å². The van der Waals surface area contributed by atoms with Crippen LogP contribution in [0.15, 0.2) is 42.5 Å². The van der Waals surface area contributed by atoms with Gasteiger partial charge in [0.25, 0.3) is 0 Å². The minimum absolute atomic E-state index is 0.497. The van der Waals surface area contributed by atoms with Gasteiger partial charge in [-0.1, -0.05) is 41.5 Å². The Bertz CT molecular complexity index is 550. The van der Waals surface area contributed by atoms with E-state index in [4.69, 9.17) is 10.5 Å². The minimum Gasteiger partial charge on any atom is -0.497 e. The summed E-state index contributed by atoms with van der Waals surface area (Å²) in [5.74, 6) is 0.847. The van der Waals surface area contributed by atoms with Gasteiger partial charge >= 0.3 is 0 Å². The molecule has 2 aromatic carbocycles. The van der Waals surface area contributed by atoms with Crippen LogP contribution in [0.3, 0.4) is 0 Å². The molecule has 2 nitrogen and oxygen atoms in total. The van der Waals surface area contributed by atoms with Crippen LogP contribution in [0.5, 0.6) is 5.75 Å². The van der Waals surface area contributed by atoms with E-state index in [9.17, 15) is 0 Å². The molecule has 0 aliphatic heterocycles. The van der Waals surface area contributed by atoms with Crippen molar-refractivity contribution in [1.82, 2.24) is 0 Å². The fourth-order valence-electron chi connectivity index (χ4n) is 2.38. The van der Waals surface area contributed by atoms with Crippen molar-refractivity contribution in [3.8, 4) is 5.75 Å². The maximum Gasteiger partial charge on any atom is 0.118 e. The molecule has 0 saturated carbocycles. The van der Waals surface area contributed by atoms with Crippen LogP contribution in [-0.4, -0.2) is 7.11 Å². The van der Waals surface area contributed by atoms with Gasteiger partial charge in [-0.2, -0.15) is 0 Å². The molecule has 0 fully saturated rings. The minimum atomic E-state index is -0.497. The molecule has 100 valence electrons. The van der Waals surface area contributed by atoms with Gasteiger partial charge in [0.2, 0.25) is 0 Å². The van der Waals surface area contributed by atoms with Crippen LogP contribution in [-0.2, 0) is 5.54 Å². The van der Waals surface area contributed by atoms with Crippen molar-refractivity contribution in [2.45, 2.75) is 26.3 Å².